The topological polar surface area (TPSA) is 101 Å². The highest BCUT2D eigenvalue weighted by Crippen LogP contribution is 2.11. The van der Waals surface area contributed by atoms with Gasteiger partial charge >= 0.3 is 5.97 Å². The van der Waals surface area contributed by atoms with Crippen LogP contribution in [-0.2, 0) is 0 Å². The number of aliphatic hydroxyl groups is 1. The van der Waals surface area contributed by atoms with Crippen LogP contribution in [0.3, 0.4) is 0 Å². The van der Waals surface area contributed by atoms with Gasteiger partial charge in [0.2, 0.25) is 0 Å². The number of benzene rings is 1. The van der Waals surface area contributed by atoms with E-state index in [1.807, 2.05) is 0 Å². The van der Waals surface area contributed by atoms with Gasteiger partial charge in [-0.15, -0.1) is 0 Å². The Morgan fingerprint density at radius 2 is 1.82 bits per heavy atom. The summed E-state index contributed by atoms with van der Waals surface area (Å²) in [5.41, 5.74) is 0.741. The van der Waals surface area contributed by atoms with E-state index >= 15 is 0 Å². The minimum Gasteiger partial charge on any atom is -0.478 e. The molecule has 0 amide bonds. The Hall–Kier alpha value is -2.21. The predicted octanol–water partition coefficient (Wildman–Crippen LogP) is 1.85. The van der Waals surface area contributed by atoms with Crippen LogP contribution >= 0.6 is 0 Å². The number of non-ortho nitro benzene ring substituents is 1. The van der Waals surface area contributed by atoms with Gasteiger partial charge in [0, 0.05) is 12.1 Å². The summed E-state index contributed by atoms with van der Waals surface area (Å²) in [6.07, 6.45) is 0. The molecule has 0 aromatic heterocycles. The molecular formula is C11H13NO5. The quantitative estimate of drug-likeness (QED) is 0.476. The van der Waals surface area contributed by atoms with Crippen molar-refractivity contribution >= 4 is 11.7 Å². The third-order valence-corrected chi connectivity index (χ3v) is 1.59. The standard InChI is InChI=1S/C7H5NO4.C4H8O/c9-7(10)5-1-3-6(4-2-5)8(11)12;1-4(2)3-5/h1-4H,(H,9,10);5H,1,3H2,2H3. The highest BCUT2D eigenvalue weighted by atomic mass is 16.6. The summed E-state index contributed by atoms with van der Waals surface area (Å²) in [5.74, 6) is -1.09. The lowest BCUT2D eigenvalue weighted by atomic mass is 10.2. The van der Waals surface area contributed by atoms with Gasteiger partial charge in [0.05, 0.1) is 17.1 Å². The minimum atomic E-state index is -1.09. The maximum Gasteiger partial charge on any atom is 0.335 e. The number of nitro groups is 1. The Morgan fingerprint density at radius 3 is 2.06 bits per heavy atom. The van der Waals surface area contributed by atoms with E-state index in [0.717, 1.165) is 17.7 Å². The fraction of sp³-hybridized carbons (Fsp3) is 0.182. The summed E-state index contributed by atoms with van der Waals surface area (Å²) in [5, 5.41) is 26.6. The zero-order chi connectivity index (χ0) is 13.4. The lowest BCUT2D eigenvalue weighted by Gasteiger charge is -1.92. The van der Waals surface area contributed by atoms with Gasteiger partial charge in [-0.3, -0.25) is 10.1 Å². The first-order valence-corrected chi connectivity index (χ1v) is 4.61. The molecular weight excluding hydrogens is 226 g/mol. The molecule has 1 rings (SSSR count). The Balaban J connectivity index is 0.000000437. The molecule has 0 spiro atoms. The van der Waals surface area contributed by atoms with Crippen LogP contribution in [0.25, 0.3) is 0 Å². The lowest BCUT2D eigenvalue weighted by Crippen LogP contribution is -1.96. The molecule has 0 unspecified atom stereocenters. The van der Waals surface area contributed by atoms with Gasteiger partial charge in [-0.2, -0.15) is 0 Å². The summed E-state index contributed by atoms with van der Waals surface area (Å²) in [7, 11) is 0. The van der Waals surface area contributed by atoms with Crippen molar-refractivity contribution in [2.45, 2.75) is 6.92 Å². The van der Waals surface area contributed by atoms with Crippen molar-refractivity contribution in [1.29, 1.82) is 0 Å². The van der Waals surface area contributed by atoms with Crippen LogP contribution < -0.4 is 0 Å². The first-order valence-electron chi connectivity index (χ1n) is 4.61. The third kappa shape index (κ3) is 6.06. The van der Waals surface area contributed by atoms with Crippen molar-refractivity contribution in [1.82, 2.24) is 0 Å². The van der Waals surface area contributed by atoms with Crippen molar-refractivity contribution in [3.05, 3.63) is 52.1 Å². The molecule has 17 heavy (non-hydrogen) atoms. The van der Waals surface area contributed by atoms with E-state index in [-0.39, 0.29) is 17.9 Å². The van der Waals surface area contributed by atoms with E-state index in [1.54, 1.807) is 6.92 Å². The van der Waals surface area contributed by atoms with Crippen molar-refractivity contribution in [2.75, 3.05) is 6.61 Å². The van der Waals surface area contributed by atoms with Crippen LogP contribution in [0.4, 0.5) is 5.69 Å². The second-order valence-electron chi connectivity index (χ2n) is 3.22. The van der Waals surface area contributed by atoms with E-state index in [4.69, 9.17) is 10.2 Å². The van der Waals surface area contributed by atoms with E-state index in [1.165, 1.54) is 12.1 Å². The second kappa shape index (κ2) is 7.13. The Bertz CT molecular complexity index is 377. The highest BCUT2D eigenvalue weighted by molar-refractivity contribution is 5.87. The van der Waals surface area contributed by atoms with Crippen molar-refractivity contribution in [3.8, 4) is 0 Å². The lowest BCUT2D eigenvalue weighted by molar-refractivity contribution is -0.384. The van der Waals surface area contributed by atoms with Crippen LogP contribution in [0.15, 0.2) is 36.4 Å². The molecule has 6 nitrogen and oxygen atoms in total. The number of rotatable bonds is 3. The first-order chi connectivity index (χ1) is 7.88. The maximum absolute atomic E-state index is 10.3. The summed E-state index contributed by atoms with van der Waals surface area (Å²) in [6.45, 7) is 5.31. The van der Waals surface area contributed by atoms with Crippen molar-refractivity contribution < 1.29 is 19.9 Å². The molecule has 0 heterocycles. The number of aromatic carboxylic acids is 1. The number of nitro benzene ring substituents is 1. The van der Waals surface area contributed by atoms with Gasteiger partial charge in [-0.1, -0.05) is 12.2 Å². The summed E-state index contributed by atoms with van der Waals surface area (Å²) >= 11 is 0. The molecule has 2 N–H and O–H groups in total. The van der Waals surface area contributed by atoms with Crippen LogP contribution in [0.5, 0.6) is 0 Å². The van der Waals surface area contributed by atoms with Crippen molar-refractivity contribution in [3.63, 3.8) is 0 Å². The fourth-order valence-corrected chi connectivity index (χ4v) is 0.726. The molecule has 92 valence electrons. The van der Waals surface area contributed by atoms with Gasteiger partial charge in [0.1, 0.15) is 0 Å². The molecule has 0 saturated carbocycles. The number of nitrogens with zero attached hydrogens (tertiary/aromatic N) is 1. The highest BCUT2D eigenvalue weighted by Gasteiger charge is 2.06. The second-order valence-corrected chi connectivity index (χ2v) is 3.22. The molecule has 0 fully saturated rings. The molecule has 1 aromatic rings. The molecule has 0 aliphatic carbocycles. The van der Waals surface area contributed by atoms with Crippen LogP contribution in [-0.4, -0.2) is 27.7 Å². The van der Waals surface area contributed by atoms with Crippen LogP contribution in [0.1, 0.15) is 17.3 Å². The largest absolute Gasteiger partial charge is 0.478 e. The van der Waals surface area contributed by atoms with E-state index in [9.17, 15) is 14.9 Å². The Labute approximate surface area is 98.0 Å². The number of carboxylic acids is 1. The summed E-state index contributed by atoms with van der Waals surface area (Å²) in [6, 6.07) is 4.70. The number of hydrogen-bond donors (Lipinski definition) is 2. The zero-order valence-corrected chi connectivity index (χ0v) is 9.29. The van der Waals surface area contributed by atoms with Gasteiger partial charge < -0.3 is 10.2 Å². The van der Waals surface area contributed by atoms with Gasteiger partial charge in [-0.25, -0.2) is 4.79 Å². The molecule has 1 aromatic carbocycles. The number of carbonyl (C=O) groups is 1. The van der Waals surface area contributed by atoms with Gasteiger partial charge in [0.15, 0.2) is 0 Å². The average molecular weight is 239 g/mol. The van der Waals surface area contributed by atoms with Crippen LogP contribution in [0, 0.1) is 10.1 Å². The van der Waals surface area contributed by atoms with Gasteiger partial charge in [-0.05, 0) is 19.1 Å². The van der Waals surface area contributed by atoms with Crippen LogP contribution in [0.2, 0.25) is 0 Å². The molecule has 0 atom stereocenters. The minimum absolute atomic E-state index is 0.0422. The number of hydrogen-bond acceptors (Lipinski definition) is 4. The fourth-order valence-electron chi connectivity index (χ4n) is 0.726. The normalized spacial score (nSPS) is 8.82. The average Bonchev–Trinajstić information content (AvgIpc) is 2.29. The van der Waals surface area contributed by atoms with Gasteiger partial charge in [0.25, 0.3) is 5.69 Å². The van der Waals surface area contributed by atoms with E-state index in [0.29, 0.717) is 0 Å². The van der Waals surface area contributed by atoms with E-state index in [2.05, 4.69) is 6.58 Å². The Kier molecular flexibility index (Phi) is 6.20. The van der Waals surface area contributed by atoms with E-state index < -0.39 is 10.9 Å². The molecule has 0 saturated heterocycles. The summed E-state index contributed by atoms with van der Waals surface area (Å²) < 4.78 is 0. The van der Waals surface area contributed by atoms with Crippen molar-refractivity contribution in [2.24, 2.45) is 0 Å². The molecule has 0 aliphatic rings. The Morgan fingerprint density at radius 1 is 1.41 bits per heavy atom. The smallest absolute Gasteiger partial charge is 0.335 e. The number of carboxylic acid groups (broad SMARTS) is 1. The SMILES string of the molecule is C=C(C)CO.O=C(O)c1ccc([N+](=O)[O-])cc1. The predicted molar refractivity (Wildman–Crippen MR) is 62.0 cm³/mol. The monoisotopic (exact) mass is 239 g/mol. The third-order valence-electron chi connectivity index (χ3n) is 1.59. The first kappa shape index (κ1) is 14.8. The molecule has 0 aliphatic heterocycles. The molecule has 6 heteroatoms. The zero-order valence-electron chi connectivity index (χ0n) is 9.29. The molecule has 0 bridgehead atoms. The summed E-state index contributed by atoms with van der Waals surface area (Å²) in [4.78, 5) is 19.9. The molecule has 0 radical (unpaired) electrons. The number of aliphatic hydroxyl groups excluding tert-OH is 1. The maximum atomic E-state index is 10.3.